The van der Waals surface area contributed by atoms with Crippen LogP contribution in [0.5, 0.6) is 0 Å². The summed E-state index contributed by atoms with van der Waals surface area (Å²) in [6.07, 6.45) is -69.2. The van der Waals surface area contributed by atoms with Crippen molar-refractivity contribution < 1.29 is 227 Å². The molecule has 124 heavy (non-hydrogen) atoms. The monoisotopic (exact) mass is 1950 g/mol. The quantitative estimate of drug-likeness (QED) is 0.0153. The average molecular weight is 1950 g/mol. The van der Waals surface area contributed by atoms with E-state index in [0.717, 1.165) is 89.3 Å². The lowest BCUT2D eigenvalue weighted by molar-refractivity contribution is -0.389. The predicted molar refractivity (Wildman–Crippen MR) is 435 cm³/mol. The number of rotatable bonds is 64. The van der Waals surface area contributed by atoms with Crippen LogP contribution < -0.4 is 0 Å². The van der Waals surface area contributed by atoms with Gasteiger partial charge in [-0.2, -0.15) is 94.1 Å². The van der Waals surface area contributed by atoms with Crippen LogP contribution in [0.25, 0.3) is 0 Å². The predicted octanol–water partition coefficient (Wildman–Crippen LogP) is -6.19. The number of thioether (sulfide) groups is 8. The molecule has 6 heterocycles. The maximum absolute atomic E-state index is 12.3. The fourth-order valence-corrected chi connectivity index (χ4v) is 20.1. The first-order valence-electron chi connectivity index (χ1n) is 39.1. The summed E-state index contributed by atoms with van der Waals surface area (Å²) in [5.74, 6) is -12.9. The number of carboxylic acids is 8. The number of aliphatic hydroxyl groups excluding tert-OH is 16. The van der Waals surface area contributed by atoms with E-state index in [0.29, 0.717) is 0 Å². The summed E-state index contributed by atoms with van der Waals surface area (Å²) in [6, 6.07) is 0. The highest BCUT2D eigenvalue weighted by molar-refractivity contribution is 8.00. The van der Waals surface area contributed by atoms with Gasteiger partial charge < -0.3 is 189 Å². The van der Waals surface area contributed by atoms with Crippen molar-refractivity contribution in [2.45, 2.75) is 280 Å². The fraction of sp³-hybridized carbons (Fsp3) is 0.886. The molecule has 54 heteroatoms. The van der Waals surface area contributed by atoms with Gasteiger partial charge in [0.25, 0.3) is 0 Å². The van der Waals surface area contributed by atoms with Crippen molar-refractivity contribution in [2.24, 2.45) is 0 Å². The third-order valence-corrected chi connectivity index (χ3v) is 27.7. The third-order valence-electron chi connectivity index (χ3n) is 19.3. The van der Waals surface area contributed by atoms with Crippen molar-refractivity contribution in [3.8, 4) is 0 Å². The molecule has 6 rings (SSSR count). The Kier molecular flexibility index (Phi) is 50.1. The molecule has 6 saturated heterocycles. The topological polar surface area (TPSA) is 755 Å². The van der Waals surface area contributed by atoms with Crippen molar-refractivity contribution in [2.75, 3.05) is 98.7 Å². The van der Waals surface area contributed by atoms with Gasteiger partial charge in [0.15, 0.2) is 50.3 Å². The van der Waals surface area contributed by atoms with E-state index in [1.165, 1.54) is 11.8 Å². The molecule has 6 aliphatic rings. The van der Waals surface area contributed by atoms with E-state index in [-0.39, 0.29) is 81.9 Å². The number of epoxide rings is 1. The Morgan fingerprint density at radius 3 is 1.02 bits per heavy atom. The van der Waals surface area contributed by atoms with Gasteiger partial charge in [0.05, 0.1) is 100 Å². The first-order chi connectivity index (χ1) is 58.7. The van der Waals surface area contributed by atoms with E-state index in [1.54, 1.807) is 0 Å². The number of aliphatic carboxylic acids is 8. The number of carboxylic acid groups (broad SMARTS) is 8. The molecule has 0 aromatic rings. The number of ether oxygens (including phenoxy) is 14. The molecule has 0 amide bonds. The van der Waals surface area contributed by atoms with Crippen LogP contribution in [0.15, 0.2) is 0 Å². The van der Waals surface area contributed by atoms with Crippen molar-refractivity contribution in [1.82, 2.24) is 0 Å². The summed E-state index contributed by atoms with van der Waals surface area (Å²) in [4.78, 5) is 92.1. The molecule has 24 N–H and O–H groups in total. The molecule has 718 valence electrons. The summed E-state index contributed by atoms with van der Waals surface area (Å²) in [5.41, 5.74) is 0. The van der Waals surface area contributed by atoms with Crippen LogP contribution in [0.3, 0.4) is 0 Å². The van der Waals surface area contributed by atoms with Crippen LogP contribution in [0.4, 0.5) is 0 Å². The second kappa shape index (κ2) is 56.4. The lowest BCUT2D eigenvalue weighted by Crippen LogP contribution is -2.67. The maximum atomic E-state index is 12.3. The van der Waals surface area contributed by atoms with Crippen LogP contribution in [0.1, 0.15) is 64.7 Å². The van der Waals surface area contributed by atoms with Crippen molar-refractivity contribution >= 4 is 142 Å². The van der Waals surface area contributed by atoms with E-state index in [1.807, 2.05) is 0 Å². The van der Waals surface area contributed by atoms with E-state index >= 15 is 0 Å². The van der Waals surface area contributed by atoms with Crippen LogP contribution in [0, 0.1) is 0 Å². The molecule has 0 aliphatic carbocycles. The van der Waals surface area contributed by atoms with Gasteiger partial charge in [-0.1, -0.05) is 0 Å². The molecule has 6 fully saturated rings. The Morgan fingerprint density at radius 1 is 0.323 bits per heavy atom. The molecule has 0 radical (unpaired) electrons. The lowest BCUT2D eigenvalue weighted by Gasteiger charge is -2.50. The van der Waals surface area contributed by atoms with E-state index in [9.17, 15) is 151 Å². The van der Waals surface area contributed by atoms with Crippen LogP contribution in [-0.2, 0) is 105 Å². The minimum atomic E-state index is -2.38. The Labute approximate surface area is 743 Å². The van der Waals surface area contributed by atoms with Crippen LogP contribution >= 0.6 is 94.1 Å². The molecular formula is C70H114O46S8. The summed E-state index contributed by atoms with van der Waals surface area (Å²) < 4.78 is 84.4. The van der Waals surface area contributed by atoms with Gasteiger partial charge >= 0.3 is 47.8 Å². The van der Waals surface area contributed by atoms with Gasteiger partial charge in [-0.15, -0.1) is 0 Å². The molecule has 6 aliphatic heterocycles. The molecule has 35 unspecified atom stereocenters. The van der Waals surface area contributed by atoms with Crippen LogP contribution in [0.2, 0.25) is 0 Å². The average Bonchev–Trinajstić information content (AvgIpc) is 1.51. The summed E-state index contributed by atoms with van der Waals surface area (Å²) >= 11 is 7.30. The van der Waals surface area contributed by atoms with Gasteiger partial charge in [-0.25, -0.2) is 0 Å². The highest BCUT2D eigenvalue weighted by Gasteiger charge is 2.59. The first-order valence-corrected chi connectivity index (χ1v) is 48.3. The highest BCUT2D eigenvalue weighted by atomic mass is 32.2. The molecule has 0 spiro atoms. The Hall–Kier alpha value is -2.64. The number of fused-ring (bicyclic) bond motifs is 1. The number of aliphatic hydroxyl groups is 16. The zero-order chi connectivity index (χ0) is 91.8. The Bertz CT molecular complexity index is 3200. The van der Waals surface area contributed by atoms with Crippen LogP contribution in [-0.4, -0.2) is 484 Å². The molecular weight excluding hydrogens is 1830 g/mol. The summed E-state index contributed by atoms with van der Waals surface area (Å²) in [7, 11) is 0. The van der Waals surface area contributed by atoms with E-state index < -0.39 is 337 Å². The molecule has 0 saturated carbocycles. The largest absolute Gasteiger partial charge is 0.481 e. The summed E-state index contributed by atoms with van der Waals surface area (Å²) in [5, 5.41) is 262. The standard InChI is InChI=1S/C70H114O46S8/c1-28(71)46(92)65(109-45(91)27-124-19-10-44(89)90)111-59-33(23-120-15-6-40(81)82)104-66(52(98)48(59)94)112-60-34(24-121-16-7-41(83)84)105-67(53(99)49(60)95)113-61-35(25-122-17-8-42(85)86)106-68(54(100)50(61)96)114-62-36(26-123-18-9-43(87)88)107-69(55(101)51(62)97)116-64(31(74)21-118-13-4-38(77)78)110-57(30(73)20-117-12-3-37(75)76)47(93)29(72)2-11-103-58-32(22-119-14-5-39(79)80)108-70-63(115-70)56(58)102/h28-36,45-74,91-102H,2-27H2,1H3,(H,75,76)(H,77,78)(H,79,80)(H,81,82)(H,83,84)(H,85,86)(H,87,88)(H,89,90). The first kappa shape index (κ1) is 110. The second-order valence-electron chi connectivity index (χ2n) is 29.0. The van der Waals surface area contributed by atoms with Gasteiger partial charge in [-0.05, 0) is 13.3 Å². The van der Waals surface area contributed by atoms with Crippen molar-refractivity contribution in [3.63, 3.8) is 0 Å². The van der Waals surface area contributed by atoms with Gasteiger partial charge in [-0.3, -0.25) is 38.4 Å². The fourth-order valence-electron chi connectivity index (χ4n) is 12.6. The molecule has 0 aromatic heterocycles. The minimum absolute atomic E-state index is 0.00715. The van der Waals surface area contributed by atoms with Gasteiger partial charge in [0, 0.05) is 98.7 Å². The van der Waals surface area contributed by atoms with Crippen molar-refractivity contribution in [3.05, 3.63) is 0 Å². The normalized spacial score (nSPS) is 33.2. The minimum Gasteiger partial charge on any atom is -0.481 e. The highest BCUT2D eigenvalue weighted by Crippen LogP contribution is 2.41. The molecule has 35 atom stereocenters. The van der Waals surface area contributed by atoms with Crippen molar-refractivity contribution in [1.29, 1.82) is 0 Å². The summed E-state index contributed by atoms with van der Waals surface area (Å²) in [6.45, 7) is 0.662. The number of carbonyl (C=O) groups is 8. The SMILES string of the molecule is CC(O)C(O)C(OC(O)CSCCC(=O)O)OC1C(CSCCC(=O)O)OC(OC2C(CSCCC(=O)O)OC(OC3C(CSCCC(=O)O)OC(OC4C(CSCCC(=O)O)OC(OC(OC(C(O)CSCCC(=O)O)C(O)C(O)CCOC5C(CSCCC(=O)O)OC6OC6C5O)C(O)CSCCC(=O)O)C(O)C4O)C(O)C3O)C(O)C2O)C(O)C1O. The Morgan fingerprint density at radius 2 is 0.645 bits per heavy atom. The lowest BCUT2D eigenvalue weighted by atomic mass is 9.96. The van der Waals surface area contributed by atoms with Gasteiger partial charge in [0.1, 0.15) is 116 Å². The molecule has 0 bridgehead atoms. The molecule has 0 aromatic carbocycles. The van der Waals surface area contributed by atoms with E-state index in [4.69, 9.17) is 76.5 Å². The second-order valence-corrected chi connectivity index (χ2v) is 38.2. The smallest absolute Gasteiger partial charge is 0.304 e. The zero-order valence-corrected chi connectivity index (χ0v) is 73.1. The maximum Gasteiger partial charge on any atom is 0.304 e. The Balaban J connectivity index is 1.27. The molecule has 46 nitrogen and oxygen atoms in total. The van der Waals surface area contributed by atoms with Gasteiger partial charge in [0.2, 0.25) is 0 Å². The van der Waals surface area contributed by atoms with E-state index in [2.05, 4.69) is 0 Å². The zero-order valence-electron chi connectivity index (χ0n) is 66.6. The number of hydrogen-bond acceptors (Lipinski definition) is 46. The third kappa shape index (κ3) is 36.7. The number of hydrogen-bond donors (Lipinski definition) is 24.